The van der Waals surface area contributed by atoms with E-state index in [4.69, 9.17) is 9.47 Å². The summed E-state index contributed by atoms with van der Waals surface area (Å²) < 4.78 is 10.7. The third-order valence-corrected chi connectivity index (χ3v) is 3.77. The summed E-state index contributed by atoms with van der Waals surface area (Å²) in [5.41, 5.74) is 0.811. The third kappa shape index (κ3) is 7.04. The molecule has 0 aliphatic rings. The highest BCUT2D eigenvalue weighted by Crippen LogP contribution is 2.14. The van der Waals surface area contributed by atoms with Gasteiger partial charge in [0.25, 0.3) is 11.8 Å². The molecule has 2 heterocycles. The van der Waals surface area contributed by atoms with Crippen LogP contribution in [0.4, 0.5) is 0 Å². The molecular weight excluding hydrogens is 374 g/mol. The highest BCUT2D eigenvalue weighted by Gasteiger charge is 2.13. The van der Waals surface area contributed by atoms with E-state index in [0.29, 0.717) is 62.3 Å². The Bertz CT molecular complexity index is 734. The van der Waals surface area contributed by atoms with Crippen molar-refractivity contribution in [1.82, 2.24) is 25.9 Å². The van der Waals surface area contributed by atoms with Gasteiger partial charge in [-0.15, -0.1) is 0 Å². The number of amides is 2. The minimum atomic E-state index is -0.239. The first-order chi connectivity index (χ1) is 14.2. The van der Waals surface area contributed by atoms with Crippen LogP contribution in [0.1, 0.15) is 34.6 Å². The zero-order chi connectivity index (χ0) is 20.9. The molecule has 0 aliphatic heterocycles. The molecule has 0 radical (unpaired) electrons. The van der Waals surface area contributed by atoms with Crippen molar-refractivity contribution in [2.45, 2.75) is 13.8 Å². The van der Waals surface area contributed by atoms with Crippen LogP contribution in [0.15, 0.2) is 36.7 Å². The number of carbonyl (C=O) groups excluding carboxylic acids is 2. The number of carbonyl (C=O) groups is 2. The molecule has 29 heavy (non-hydrogen) atoms. The van der Waals surface area contributed by atoms with Gasteiger partial charge in [0, 0.05) is 38.6 Å². The predicted octanol–water partition coefficient (Wildman–Crippen LogP) is 1.02. The van der Waals surface area contributed by atoms with E-state index in [1.165, 1.54) is 0 Å². The van der Waals surface area contributed by atoms with E-state index in [9.17, 15) is 9.59 Å². The molecule has 0 unspecified atom stereocenters. The quantitative estimate of drug-likeness (QED) is 0.455. The van der Waals surface area contributed by atoms with E-state index in [0.717, 1.165) is 0 Å². The zero-order valence-electron chi connectivity index (χ0n) is 16.7. The molecule has 2 rings (SSSR count). The fraction of sp³-hybridized carbons (Fsp3) is 0.400. The van der Waals surface area contributed by atoms with E-state index in [2.05, 4.69) is 25.9 Å². The topological polar surface area (TPSA) is 114 Å². The fourth-order valence-electron chi connectivity index (χ4n) is 2.48. The van der Waals surface area contributed by atoms with Gasteiger partial charge in [0.2, 0.25) is 11.8 Å². The maximum atomic E-state index is 12.2. The van der Waals surface area contributed by atoms with Crippen LogP contribution < -0.4 is 25.4 Å². The number of aromatic nitrogens is 2. The molecule has 0 aromatic carbocycles. The fourth-order valence-corrected chi connectivity index (χ4v) is 2.48. The van der Waals surface area contributed by atoms with Crippen LogP contribution in [-0.4, -0.2) is 61.2 Å². The smallest absolute Gasteiger partial charge is 0.256 e. The van der Waals surface area contributed by atoms with Crippen LogP contribution in [0.5, 0.6) is 11.8 Å². The van der Waals surface area contributed by atoms with Gasteiger partial charge in [0.1, 0.15) is 11.1 Å². The summed E-state index contributed by atoms with van der Waals surface area (Å²) in [6, 6.07) is 6.73. The van der Waals surface area contributed by atoms with Crippen LogP contribution in [0.2, 0.25) is 0 Å². The van der Waals surface area contributed by atoms with Crippen LogP contribution in [0.25, 0.3) is 0 Å². The lowest BCUT2D eigenvalue weighted by atomic mass is 10.2. The first-order valence-corrected chi connectivity index (χ1v) is 9.60. The monoisotopic (exact) mass is 401 g/mol. The van der Waals surface area contributed by atoms with E-state index in [-0.39, 0.29) is 11.8 Å². The molecule has 3 N–H and O–H groups in total. The van der Waals surface area contributed by atoms with Crippen LogP contribution in [0, 0.1) is 0 Å². The summed E-state index contributed by atoms with van der Waals surface area (Å²) in [5.74, 6) is 0.170. The molecule has 0 saturated carbocycles. The summed E-state index contributed by atoms with van der Waals surface area (Å²) in [6.45, 7) is 6.54. The van der Waals surface area contributed by atoms with Gasteiger partial charge in [-0.2, -0.15) is 0 Å². The van der Waals surface area contributed by atoms with Gasteiger partial charge in [-0.3, -0.25) is 9.59 Å². The van der Waals surface area contributed by atoms with Crippen molar-refractivity contribution in [2.75, 3.05) is 39.4 Å². The lowest BCUT2D eigenvalue weighted by Crippen LogP contribution is -2.36. The van der Waals surface area contributed by atoms with Crippen molar-refractivity contribution in [1.29, 1.82) is 0 Å². The Morgan fingerprint density at radius 2 is 1.24 bits per heavy atom. The van der Waals surface area contributed by atoms with E-state index in [1.54, 1.807) is 36.7 Å². The first-order valence-electron chi connectivity index (χ1n) is 9.60. The number of hydrogen-bond acceptors (Lipinski definition) is 7. The minimum Gasteiger partial charge on any atom is -0.477 e. The van der Waals surface area contributed by atoms with Gasteiger partial charge in [0.15, 0.2) is 0 Å². The Morgan fingerprint density at radius 3 is 1.66 bits per heavy atom. The van der Waals surface area contributed by atoms with Gasteiger partial charge in [-0.1, -0.05) is 0 Å². The molecule has 0 spiro atoms. The van der Waals surface area contributed by atoms with Gasteiger partial charge in [-0.25, -0.2) is 9.97 Å². The average Bonchev–Trinajstić information content (AvgIpc) is 2.74. The summed E-state index contributed by atoms with van der Waals surface area (Å²) in [7, 11) is 0. The molecule has 0 aliphatic carbocycles. The maximum absolute atomic E-state index is 12.2. The SMILES string of the molecule is CCOc1ncccc1C(=O)NCCNCCNC(=O)c1cccnc1OCC. The molecule has 0 saturated heterocycles. The Kier molecular flexibility index (Phi) is 9.37. The summed E-state index contributed by atoms with van der Waals surface area (Å²) >= 11 is 0. The minimum absolute atomic E-state index is 0.239. The van der Waals surface area contributed by atoms with Crippen molar-refractivity contribution in [3.05, 3.63) is 47.8 Å². The Labute approximate surface area is 170 Å². The number of hydrogen-bond donors (Lipinski definition) is 3. The maximum Gasteiger partial charge on any atom is 0.256 e. The molecule has 0 atom stereocenters. The molecule has 0 fully saturated rings. The summed E-state index contributed by atoms with van der Waals surface area (Å²) in [6.07, 6.45) is 3.17. The van der Waals surface area contributed by atoms with E-state index >= 15 is 0 Å². The first kappa shape index (κ1) is 22.1. The second-order valence-corrected chi connectivity index (χ2v) is 5.84. The molecule has 9 nitrogen and oxygen atoms in total. The van der Waals surface area contributed by atoms with Gasteiger partial charge >= 0.3 is 0 Å². The van der Waals surface area contributed by atoms with Crippen molar-refractivity contribution >= 4 is 11.8 Å². The van der Waals surface area contributed by atoms with Crippen LogP contribution >= 0.6 is 0 Å². The lowest BCUT2D eigenvalue weighted by Gasteiger charge is -2.11. The molecule has 2 aromatic heterocycles. The van der Waals surface area contributed by atoms with Gasteiger partial charge in [0.05, 0.1) is 13.2 Å². The Hall–Kier alpha value is -3.20. The van der Waals surface area contributed by atoms with Crippen molar-refractivity contribution in [3.8, 4) is 11.8 Å². The number of nitrogens with one attached hydrogen (secondary N) is 3. The van der Waals surface area contributed by atoms with Gasteiger partial charge in [-0.05, 0) is 38.1 Å². The second-order valence-electron chi connectivity index (χ2n) is 5.84. The van der Waals surface area contributed by atoms with Crippen molar-refractivity contribution in [3.63, 3.8) is 0 Å². The number of rotatable bonds is 12. The normalized spacial score (nSPS) is 10.3. The van der Waals surface area contributed by atoms with Crippen molar-refractivity contribution in [2.24, 2.45) is 0 Å². The van der Waals surface area contributed by atoms with Crippen molar-refractivity contribution < 1.29 is 19.1 Å². The summed E-state index contributed by atoms with van der Waals surface area (Å²) in [4.78, 5) is 32.6. The average molecular weight is 401 g/mol. The number of pyridine rings is 2. The highest BCUT2D eigenvalue weighted by atomic mass is 16.5. The Morgan fingerprint density at radius 1 is 0.793 bits per heavy atom. The number of nitrogens with zero attached hydrogens (tertiary/aromatic N) is 2. The third-order valence-electron chi connectivity index (χ3n) is 3.77. The molecular formula is C20H27N5O4. The zero-order valence-corrected chi connectivity index (χ0v) is 16.7. The lowest BCUT2D eigenvalue weighted by molar-refractivity contribution is 0.0943. The molecule has 2 amide bonds. The van der Waals surface area contributed by atoms with Crippen LogP contribution in [-0.2, 0) is 0 Å². The molecule has 9 heteroatoms. The molecule has 0 bridgehead atoms. The molecule has 2 aromatic rings. The Balaban J connectivity index is 1.65. The van der Waals surface area contributed by atoms with E-state index in [1.807, 2.05) is 13.8 Å². The standard InChI is InChI=1S/C20H27N5O4/c1-3-28-19-15(7-5-9-24-19)17(26)22-13-11-21-12-14-23-18(27)16-8-6-10-25-20(16)29-4-2/h5-10,21H,3-4,11-14H2,1-2H3,(H,22,26)(H,23,27). The van der Waals surface area contributed by atoms with Gasteiger partial charge < -0.3 is 25.4 Å². The molecule has 156 valence electrons. The number of ether oxygens (including phenoxy) is 2. The summed E-state index contributed by atoms with van der Waals surface area (Å²) in [5, 5.41) is 8.78. The van der Waals surface area contributed by atoms with Crippen LogP contribution in [0.3, 0.4) is 0 Å². The second kappa shape index (κ2) is 12.3. The highest BCUT2D eigenvalue weighted by molar-refractivity contribution is 5.96. The largest absolute Gasteiger partial charge is 0.477 e. The predicted molar refractivity (Wildman–Crippen MR) is 108 cm³/mol. The van der Waals surface area contributed by atoms with E-state index < -0.39 is 0 Å².